The summed E-state index contributed by atoms with van der Waals surface area (Å²) in [6, 6.07) is 10.0. The molecule has 5 aromatic rings. The lowest BCUT2D eigenvalue weighted by Crippen LogP contribution is -2.49. The van der Waals surface area contributed by atoms with Crippen molar-refractivity contribution in [3.8, 4) is 39.7 Å². The highest BCUT2D eigenvalue weighted by Gasteiger charge is 2.44. The van der Waals surface area contributed by atoms with E-state index >= 15 is 0 Å². The zero-order valence-electron chi connectivity index (χ0n) is 30.4. The van der Waals surface area contributed by atoms with Crippen LogP contribution in [0, 0.1) is 11.8 Å². The molecule has 4 atom stereocenters. The zero-order chi connectivity index (χ0) is 38.2. The number of carbonyl (C=O) groups is 4. The zero-order valence-corrected chi connectivity index (χ0v) is 30.4. The summed E-state index contributed by atoms with van der Waals surface area (Å²) in [5.74, 6) is 2.45. The fourth-order valence-corrected chi connectivity index (χ4v) is 9.00. The standard InChI is InChI=1S/C40H41N9O7/c50-37(32(20-5-6-20)45-39(52)53)48-14-1-3-28(48)35-41-18-25(43-35)22-9-11-27-31(17-22)56-30-12-10-23(24-13-16-47(27)34(24)30)26-19-42-36(44-26)29-4-2-15-49(29)38(51)33(21-7-8-21)46-40(54)55/h9-13,16-21,28-29,32-33,45-46H,1-8,14-15H2,(H,41,43)(H,42,44)(H,52,53)(H,54,55)/t28-,29-,32-,33-/m0/s1. The highest BCUT2D eigenvalue weighted by molar-refractivity contribution is 6.00. The largest absolute Gasteiger partial charge is 0.465 e. The second-order valence-corrected chi connectivity index (χ2v) is 15.6. The smallest absolute Gasteiger partial charge is 0.405 e. The number of carboxylic acid groups (broad SMARTS) is 2. The number of hydrogen-bond acceptors (Lipinski definition) is 7. The minimum absolute atomic E-state index is 0.0434. The van der Waals surface area contributed by atoms with Gasteiger partial charge in [0.05, 0.1) is 47.1 Å². The summed E-state index contributed by atoms with van der Waals surface area (Å²) in [6.45, 7) is 1.11. The van der Waals surface area contributed by atoms with Crippen LogP contribution < -0.4 is 15.4 Å². The van der Waals surface area contributed by atoms with E-state index in [4.69, 9.17) is 9.72 Å². The molecule has 0 unspecified atom stereocenters. The van der Waals surface area contributed by atoms with Crippen LogP contribution in [-0.2, 0) is 9.59 Å². The average Bonchev–Trinajstić information content (AvgIpc) is 3.78. The van der Waals surface area contributed by atoms with Crippen molar-refractivity contribution in [2.75, 3.05) is 13.1 Å². The number of imidazole rings is 2. The number of carbonyl (C=O) groups excluding carboxylic acids is 2. The Bertz CT molecular complexity index is 2410. The molecule has 0 spiro atoms. The third-order valence-electron chi connectivity index (χ3n) is 12.0. The Morgan fingerprint density at radius 1 is 0.732 bits per heavy atom. The molecule has 0 bridgehead atoms. The van der Waals surface area contributed by atoms with Gasteiger partial charge in [0, 0.05) is 35.8 Å². The second kappa shape index (κ2) is 13.2. The first-order valence-electron chi connectivity index (χ1n) is 19.4. The first-order valence-corrected chi connectivity index (χ1v) is 19.4. The van der Waals surface area contributed by atoms with Crippen molar-refractivity contribution in [2.24, 2.45) is 11.8 Å². The van der Waals surface area contributed by atoms with Crippen molar-refractivity contribution in [3.05, 3.63) is 66.6 Å². The molecule has 2 aliphatic carbocycles. The van der Waals surface area contributed by atoms with Gasteiger partial charge in [0.1, 0.15) is 23.7 Å². The van der Waals surface area contributed by atoms with Gasteiger partial charge in [-0.3, -0.25) is 9.59 Å². The topological polar surface area (TPSA) is 211 Å². The molecule has 6 N–H and O–H groups in total. The molecule has 56 heavy (non-hydrogen) atoms. The quantitative estimate of drug-likeness (QED) is 0.0975. The number of likely N-dealkylation sites (tertiary alicyclic amines) is 2. The Kier molecular flexibility index (Phi) is 8.04. The number of nitrogens with one attached hydrogen (secondary N) is 4. The lowest BCUT2D eigenvalue weighted by molar-refractivity contribution is -0.135. The van der Waals surface area contributed by atoms with E-state index in [1.807, 2.05) is 36.5 Å². The normalized spacial score (nSPS) is 21.1. The van der Waals surface area contributed by atoms with E-state index in [0.717, 1.165) is 90.5 Å². The lowest BCUT2D eigenvalue weighted by atomic mass is 10.1. The monoisotopic (exact) mass is 759 g/mol. The molecule has 10 rings (SSSR count). The molecule has 5 aliphatic rings. The van der Waals surface area contributed by atoms with E-state index < -0.39 is 24.3 Å². The van der Waals surface area contributed by atoms with Gasteiger partial charge in [-0.2, -0.15) is 0 Å². The third kappa shape index (κ3) is 5.90. The molecular weight excluding hydrogens is 718 g/mol. The number of hydrogen-bond donors (Lipinski definition) is 6. The highest BCUT2D eigenvalue weighted by Crippen LogP contribution is 2.46. The Balaban J connectivity index is 0.884. The molecule has 288 valence electrons. The molecule has 2 saturated carbocycles. The maximum absolute atomic E-state index is 13.5. The van der Waals surface area contributed by atoms with Gasteiger partial charge in [-0.15, -0.1) is 0 Å². The van der Waals surface area contributed by atoms with Crippen LogP contribution in [-0.4, -0.2) is 93.7 Å². The predicted octanol–water partition coefficient (Wildman–Crippen LogP) is 5.94. The van der Waals surface area contributed by atoms with Gasteiger partial charge >= 0.3 is 12.2 Å². The number of benzene rings is 2. The van der Waals surface area contributed by atoms with E-state index in [0.29, 0.717) is 36.2 Å². The van der Waals surface area contributed by atoms with Crippen LogP contribution in [0.5, 0.6) is 11.5 Å². The number of aromatic nitrogens is 5. The third-order valence-corrected chi connectivity index (χ3v) is 12.0. The van der Waals surface area contributed by atoms with Crippen molar-refractivity contribution in [2.45, 2.75) is 75.5 Å². The van der Waals surface area contributed by atoms with Crippen molar-refractivity contribution in [1.82, 2.24) is 44.9 Å². The fraction of sp³-hybridized carbons (Fsp3) is 0.400. The molecule has 2 saturated heterocycles. The van der Waals surface area contributed by atoms with Gasteiger partial charge in [-0.25, -0.2) is 19.6 Å². The van der Waals surface area contributed by atoms with Crippen LogP contribution in [0.4, 0.5) is 9.59 Å². The van der Waals surface area contributed by atoms with Crippen LogP contribution in [0.1, 0.15) is 75.1 Å². The van der Waals surface area contributed by atoms with Gasteiger partial charge in [0.2, 0.25) is 11.8 Å². The van der Waals surface area contributed by atoms with Gasteiger partial charge in [0.15, 0.2) is 11.5 Å². The SMILES string of the molecule is O=C(O)N[C@H](C(=O)N1CCC[C@H]1c1ncc(-c2ccc3c(c2)Oc2ccc(-c4cnc([C@@H]5CCCN5C(=O)[C@@H](NC(=O)O)C5CC5)[nH]4)c4ccn-3c24)[nH]1)C1CC1. The summed E-state index contributed by atoms with van der Waals surface area (Å²) in [4.78, 5) is 69.8. The van der Waals surface area contributed by atoms with Gasteiger partial charge < -0.3 is 49.9 Å². The summed E-state index contributed by atoms with van der Waals surface area (Å²) in [5, 5.41) is 24.6. The number of aromatic amines is 2. The summed E-state index contributed by atoms with van der Waals surface area (Å²) in [5.41, 5.74) is 5.20. The highest BCUT2D eigenvalue weighted by atomic mass is 16.5. The molecule has 4 fully saturated rings. The molecule has 4 amide bonds. The summed E-state index contributed by atoms with van der Waals surface area (Å²) in [7, 11) is 0. The Morgan fingerprint density at radius 3 is 1.91 bits per heavy atom. The number of rotatable bonds is 10. The van der Waals surface area contributed by atoms with Crippen LogP contribution in [0.15, 0.2) is 55.0 Å². The van der Waals surface area contributed by atoms with E-state index in [1.54, 1.807) is 22.2 Å². The number of nitrogens with zero attached hydrogens (tertiary/aromatic N) is 5. The predicted molar refractivity (Wildman–Crippen MR) is 201 cm³/mol. The van der Waals surface area contributed by atoms with Crippen molar-refractivity contribution < 1.29 is 34.1 Å². The van der Waals surface area contributed by atoms with Crippen LogP contribution in [0.2, 0.25) is 0 Å². The van der Waals surface area contributed by atoms with E-state index in [9.17, 15) is 29.4 Å². The van der Waals surface area contributed by atoms with E-state index in [1.165, 1.54) is 0 Å². The van der Waals surface area contributed by atoms with Crippen LogP contribution >= 0.6 is 0 Å². The molecule has 3 aromatic heterocycles. The Labute approximate surface area is 320 Å². The number of fused-ring (bicyclic) bond motifs is 2. The Morgan fingerprint density at radius 2 is 1.32 bits per heavy atom. The number of H-pyrrole nitrogens is 2. The molecule has 6 heterocycles. The maximum Gasteiger partial charge on any atom is 0.405 e. The number of amides is 4. The average molecular weight is 760 g/mol. The van der Waals surface area contributed by atoms with Gasteiger partial charge in [-0.1, -0.05) is 6.07 Å². The Hall–Kier alpha value is -6.32. The first kappa shape index (κ1) is 34.2. The summed E-state index contributed by atoms with van der Waals surface area (Å²) in [6.07, 6.45) is 9.69. The van der Waals surface area contributed by atoms with Crippen molar-refractivity contribution in [1.29, 1.82) is 0 Å². The summed E-state index contributed by atoms with van der Waals surface area (Å²) >= 11 is 0. The minimum atomic E-state index is -1.18. The molecule has 0 radical (unpaired) electrons. The lowest BCUT2D eigenvalue weighted by Gasteiger charge is -2.28. The first-order chi connectivity index (χ1) is 27.2. The van der Waals surface area contributed by atoms with E-state index in [-0.39, 0.29) is 35.7 Å². The second-order valence-electron chi connectivity index (χ2n) is 15.6. The maximum atomic E-state index is 13.5. The molecule has 2 aromatic carbocycles. The van der Waals surface area contributed by atoms with Gasteiger partial charge in [-0.05, 0) is 93.5 Å². The molecule has 16 heteroatoms. The summed E-state index contributed by atoms with van der Waals surface area (Å²) < 4.78 is 8.63. The van der Waals surface area contributed by atoms with E-state index in [2.05, 4.69) is 36.2 Å². The van der Waals surface area contributed by atoms with Gasteiger partial charge in [0.25, 0.3) is 0 Å². The van der Waals surface area contributed by atoms with Crippen LogP contribution in [0.3, 0.4) is 0 Å². The molecule has 3 aliphatic heterocycles. The molecule has 16 nitrogen and oxygen atoms in total. The van der Waals surface area contributed by atoms with Crippen molar-refractivity contribution in [3.63, 3.8) is 0 Å². The fourth-order valence-electron chi connectivity index (χ4n) is 9.00. The van der Waals surface area contributed by atoms with Crippen molar-refractivity contribution >= 4 is 34.9 Å². The van der Waals surface area contributed by atoms with Crippen LogP contribution in [0.25, 0.3) is 39.1 Å². The molecular formula is C40H41N9O7. The minimum Gasteiger partial charge on any atom is -0.465 e. The number of ether oxygens (including phenoxy) is 1.